The SMILES string of the molecule is COc1cc(OC)cc(C(=O)NCc2ccc(OC(C)C)nc2)c1. The van der Waals surface area contributed by atoms with E-state index >= 15 is 0 Å². The molecule has 0 unspecified atom stereocenters. The molecule has 0 radical (unpaired) electrons. The largest absolute Gasteiger partial charge is 0.497 e. The van der Waals surface area contributed by atoms with Gasteiger partial charge < -0.3 is 19.5 Å². The quantitative estimate of drug-likeness (QED) is 0.845. The highest BCUT2D eigenvalue weighted by Crippen LogP contribution is 2.22. The molecule has 24 heavy (non-hydrogen) atoms. The number of pyridine rings is 1. The van der Waals surface area contributed by atoms with Crippen LogP contribution in [0.5, 0.6) is 17.4 Å². The van der Waals surface area contributed by atoms with Crippen LogP contribution in [-0.2, 0) is 6.54 Å². The molecule has 0 bridgehead atoms. The molecule has 1 N–H and O–H groups in total. The lowest BCUT2D eigenvalue weighted by molar-refractivity contribution is 0.0950. The average molecular weight is 330 g/mol. The van der Waals surface area contributed by atoms with E-state index in [1.165, 1.54) is 0 Å². The van der Waals surface area contributed by atoms with Gasteiger partial charge in [-0.3, -0.25) is 4.79 Å². The second-order valence-electron chi connectivity index (χ2n) is 5.46. The molecule has 0 aliphatic carbocycles. The molecule has 1 amide bonds. The van der Waals surface area contributed by atoms with Crippen molar-refractivity contribution in [1.29, 1.82) is 0 Å². The Morgan fingerprint density at radius 3 is 2.29 bits per heavy atom. The number of rotatable bonds is 7. The molecule has 0 spiro atoms. The number of hydrogen-bond donors (Lipinski definition) is 1. The number of hydrogen-bond acceptors (Lipinski definition) is 5. The van der Waals surface area contributed by atoms with E-state index in [2.05, 4.69) is 10.3 Å². The summed E-state index contributed by atoms with van der Waals surface area (Å²) in [6.45, 7) is 4.25. The van der Waals surface area contributed by atoms with Crippen LogP contribution < -0.4 is 19.5 Å². The highest BCUT2D eigenvalue weighted by atomic mass is 16.5. The normalized spacial score (nSPS) is 10.4. The molecule has 1 aromatic heterocycles. The van der Waals surface area contributed by atoms with Crippen LogP contribution in [0.4, 0.5) is 0 Å². The number of ether oxygens (including phenoxy) is 3. The number of nitrogens with one attached hydrogen (secondary N) is 1. The predicted octanol–water partition coefficient (Wildman–Crippen LogP) is 2.82. The minimum absolute atomic E-state index is 0.0751. The van der Waals surface area contributed by atoms with Gasteiger partial charge in [-0.25, -0.2) is 4.98 Å². The van der Waals surface area contributed by atoms with Crippen molar-refractivity contribution in [2.45, 2.75) is 26.5 Å². The number of carbonyl (C=O) groups is 1. The summed E-state index contributed by atoms with van der Waals surface area (Å²) in [5, 5.41) is 2.85. The minimum Gasteiger partial charge on any atom is -0.497 e. The third-order valence-corrected chi connectivity index (χ3v) is 3.22. The van der Waals surface area contributed by atoms with Crippen LogP contribution in [0.15, 0.2) is 36.5 Å². The topological polar surface area (TPSA) is 69.7 Å². The third kappa shape index (κ3) is 4.87. The summed E-state index contributed by atoms with van der Waals surface area (Å²) >= 11 is 0. The number of methoxy groups -OCH3 is 2. The summed E-state index contributed by atoms with van der Waals surface area (Å²) in [6, 6.07) is 8.70. The van der Waals surface area contributed by atoms with Crippen LogP contribution in [0, 0.1) is 0 Å². The van der Waals surface area contributed by atoms with Crippen molar-refractivity contribution in [2.24, 2.45) is 0 Å². The summed E-state index contributed by atoms with van der Waals surface area (Å²) in [4.78, 5) is 16.5. The summed E-state index contributed by atoms with van der Waals surface area (Å²) < 4.78 is 15.8. The third-order valence-electron chi connectivity index (χ3n) is 3.22. The van der Waals surface area contributed by atoms with E-state index in [9.17, 15) is 4.79 Å². The molecule has 6 heteroatoms. The van der Waals surface area contributed by atoms with Crippen molar-refractivity contribution in [2.75, 3.05) is 14.2 Å². The molecule has 0 saturated heterocycles. The standard InChI is InChI=1S/C18H22N2O4/c1-12(2)24-17-6-5-13(10-19-17)11-20-18(21)14-7-15(22-3)9-16(8-14)23-4/h5-10,12H,11H2,1-4H3,(H,20,21). The maximum Gasteiger partial charge on any atom is 0.251 e. The first-order chi connectivity index (χ1) is 11.5. The number of aromatic nitrogens is 1. The van der Waals surface area contributed by atoms with E-state index in [1.807, 2.05) is 19.9 Å². The number of nitrogens with zero attached hydrogens (tertiary/aromatic N) is 1. The zero-order valence-electron chi connectivity index (χ0n) is 14.3. The molecule has 6 nitrogen and oxygen atoms in total. The van der Waals surface area contributed by atoms with Gasteiger partial charge in [-0.2, -0.15) is 0 Å². The summed E-state index contributed by atoms with van der Waals surface area (Å²) in [5.41, 5.74) is 1.35. The van der Waals surface area contributed by atoms with Crippen molar-refractivity contribution in [3.8, 4) is 17.4 Å². The second kappa shape index (κ2) is 8.19. The Morgan fingerprint density at radius 1 is 1.12 bits per heavy atom. The maximum absolute atomic E-state index is 12.3. The smallest absolute Gasteiger partial charge is 0.251 e. The van der Waals surface area contributed by atoms with Gasteiger partial charge in [-0.1, -0.05) is 6.07 Å². The molecular weight excluding hydrogens is 308 g/mol. The first kappa shape index (κ1) is 17.6. The van der Waals surface area contributed by atoms with Gasteiger partial charge in [0.1, 0.15) is 11.5 Å². The fourth-order valence-corrected chi connectivity index (χ4v) is 2.05. The van der Waals surface area contributed by atoms with Crippen molar-refractivity contribution >= 4 is 5.91 Å². The van der Waals surface area contributed by atoms with E-state index in [0.717, 1.165) is 5.56 Å². The Kier molecular flexibility index (Phi) is 6.01. The van der Waals surface area contributed by atoms with Gasteiger partial charge in [0.15, 0.2) is 0 Å². The molecule has 128 valence electrons. The van der Waals surface area contributed by atoms with Crippen LogP contribution in [-0.4, -0.2) is 31.2 Å². The monoisotopic (exact) mass is 330 g/mol. The van der Waals surface area contributed by atoms with Gasteiger partial charge in [0, 0.05) is 30.4 Å². The van der Waals surface area contributed by atoms with Crippen LogP contribution in [0.1, 0.15) is 29.8 Å². The average Bonchev–Trinajstić information content (AvgIpc) is 2.59. The van der Waals surface area contributed by atoms with E-state index in [0.29, 0.717) is 29.5 Å². The zero-order chi connectivity index (χ0) is 17.5. The fraction of sp³-hybridized carbons (Fsp3) is 0.333. The number of amides is 1. The van der Waals surface area contributed by atoms with Crippen molar-refractivity contribution in [1.82, 2.24) is 10.3 Å². The molecule has 0 atom stereocenters. The van der Waals surface area contributed by atoms with Crippen LogP contribution in [0.3, 0.4) is 0 Å². The number of carbonyl (C=O) groups excluding carboxylic acids is 1. The first-order valence-corrected chi connectivity index (χ1v) is 7.64. The van der Waals surface area contributed by atoms with Crippen LogP contribution >= 0.6 is 0 Å². The van der Waals surface area contributed by atoms with E-state index in [1.54, 1.807) is 44.7 Å². The lowest BCUT2D eigenvalue weighted by atomic mass is 10.2. The Balaban J connectivity index is 2.00. The van der Waals surface area contributed by atoms with Crippen molar-refractivity contribution in [3.63, 3.8) is 0 Å². The number of benzene rings is 1. The summed E-state index contributed by atoms with van der Waals surface area (Å²) in [6.07, 6.45) is 1.76. The molecule has 2 aromatic rings. The second-order valence-corrected chi connectivity index (χ2v) is 5.46. The van der Waals surface area contributed by atoms with Gasteiger partial charge in [0.25, 0.3) is 5.91 Å². The van der Waals surface area contributed by atoms with Gasteiger partial charge in [-0.15, -0.1) is 0 Å². The van der Waals surface area contributed by atoms with E-state index < -0.39 is 0 Å². The van der Waals surface area contributed by atoms with Gasteiger partial charge in [0.2, 0.25) is 5.88 Å². The van der Waals surface area contributed by atoms with Crippen LogP contribution in [0.25, 0.3) is 0 Å². The molecule has 0 aliphatic heterocycles. The fourth-order valence-electron chi connectivity index (χ4n) is 2.05. The molecule has 1 aromatic carbocycles. The van der Waals surface area contributed by atoms with Crippen LogP contribution in [0.2, 0.25) is 0 Å². The Bertz CT molecular complexity index is 662. The van der Waals surface area contributed by atoms with E-state index in [4.69, 9.17) is 14.2 Å². The minimum atomic E-state index is -0.213. The Hall–Kier alpha value is -2.76. The lowest BCUT2D eigenvalue weighted by Crippen LogP contribution is -2.23. The molecule has 0 aliphatic rings. The first-order valence-electron chi connectivity index (χ1n) is 7.64. The van der Waals surface area contributed by atoms with Gasteiger partial charge >= 0.3 is 0 Å². The van der Waals surface area contributed by atoms with E-state index in [-0.39, 0.29) is 12.0 Å². The highest BCUT2D eigenvalue weighted by molar-refractivity contribution is 5.95. The Morgan fingerprint density at radius 2 is 1.79 bits per heavy atom. The highest BCUT2D eigenvalue weighted by Gasteiger charge is 2.10. The Labute approximate surface area is 141 Å². The van der Waals surface area contributed by atoms with Crippen molar-refractivity contribution < 1.29 is 19.0 Å². The predicted molar refractivity (Wildman–Crippen MR) is 90.7 cm³/mol. The molecule has 0 saturated carbocycles. The summed E-state index contributed by atoms with van der Waals surface area (Å²) in [7, 11) is 3.09. The maximum atomic E-state index is 12.3. The van der Waals surface area contributed by atoms with Gasteiger partial charge in [-0.05, 0) is 31.5 Å². The molecular formula is C18H22N2O4. The zero-order valence-corrected chi connectivity index (χ0v) is 14.3. The van der Waals surface area contributed by atoms with Crippen molar-refractivity contribution in [3.05, 3.63) is 47.7 Å². The lowest BCUT2D eigenvalue weighted by Gasteiger charge is -2.10. The van der Waals surface area contributed by atoms with Gasteiger partial charge in [0.05, 0.1) is 20.3 Å². The summed E-state index contributed by atoms with van der Waals surface area (Å²) in [5.74, 6) is 1.49. The molecule has 1 heterocycles. The molecule has 2 rings (SSSR count). The molecule has 0 fully saturated rings.